The zero-order chi connectivity index (χ0) is 77.7. The summed E-state index contributed by atoms with van der Waals surface area (Å²) in [4.78, 5) is 156. The van der Waals surface area contributed by atoms with Gasteiger partial charge in [0, 0.05) is 88.8 Å². The average molecular weight is 1600 g/mol. The number of amides is 6. The standard InChI is InChI=1S/C70H73N17O18S5/c1-30(88)48-62(95)82-49(31(2)100-7)65-77-42(29-108-65)61(94)83-52-54-55(105-46-20-70(4,98)56(84(5)6)32(3)104-46)69(97)102-22-33-11-10-12-43-47(33)35(23-101-54)53(87(43)99)68(96)103-24-37(74-59(92)40-28-110-67(52)79-40)64-75-38(25-107-64)50-34(63-76-41(26-106-63)60(93)81-48)19-44(89)51(80-50)66-78-39(27-109-66)58(91)73-36(57(71)90)21-85-15-17-86(18-16-85)45-13-8-9-14-72-45/h8-14,19,25-30,32,36-37,46,48,52,54-56,88-89,98-99H,15-18,20-24H2,1-7H3,(H2,71,90)(H,73,91)(H,74,92)(H,81,93)(H,82,95)(H,83,94)/b49-31+/t30-,32+,36?,37+,46+,48+,52+,54+,55+,56-,70+/m1/s1. The molecule has 6 amide bonds. The lowest BCUT2D eigenvalue weighted by atomic mass is 9.85. The molecule has 11 N–H and O–H groups in total. The zero-order valence-corrected chi connectivity index (χ0v) is 63.8. The monoisotopic (exact) mass is 1600 g/mol. The molecule has 1 aromatic carbocycles. The van der Waals surface area contributed by atoms with E-state index in [0.717, 1.165) is 62.5 Å². The molecule has 40 heteroatoms. The van der Waals surface area contributed by atoms with Crippen LogP contribution >= 0.6 is 56.7 Å². The number of ether oxygens (including phenoxy) is 6. The number of carbonyl (C=O) groups is 8. The number of nitrogens with zero attached hydrogens (tertiary/aromatic N) is 11. The molecule has 2 saturated heterocycles. The van der Waals surface area contributed by atoms with Crippen LogP contribution in [0.1, 0.15) is 125 Å². The van der Waals surface area contributed by atoms with E-state index in [4.69, 9.17) is 49.1 Å². The van der Waals surface area contributed by atoms with Crippen LogP contribution in [0, 0.1) is 0 Å². The van der Waals surface area contributed by atoms with Crippen molar-refractivity contribution < 1.29 is 87.3 Å². The van der Waals surface area contributed by atoms with Gasteiger partial charge in [-0.15, -0.1) is 56.7 Å². The minimum atomic E-state index is -1.92. The topological polar surface area (TPSA) is 464 Å². The minimum Gasteiger partial charge on any atom is -0.506 e. The van der Waals surface area contributed by atoms with Crippen molar-refractivity contribution in [2.24, 2.45) is 5.73 Å². The first-order valence-corrected chi connectivity index (χ1v) is 38.8. The van der Waals surface area contributed by atoms with Crippen molar-refractivity contribution in [1.29, 1.82) is 0 Å². The minimum absolute atomic E-state index is 0.0102. The van der Waals surface area contributed by atoms with Gasteiger partial charge in [0.1, 0.15) is 131 Å². The number of fused-ring (bicyclic) bond motifs is 15. The molecule has 5 aliphatic heterocycles. The van der Waals surface area contributed by atoms with Gasteiger partial charge in [-0.1, -0.05) is 18.2 Å². The lowest BCUT2D eigenvalue weighted by molar-refractivity contribution is -0.280. The number of aromatic nitrogens is 8. The summed E-state index contributed by atoms with van der Waals surface area (Å²) in [5, 5.41) is 68.6. The van der Waals surface area contributed by atoms with Crippen LogP contribution in [0.15, 0.2) is 81.3 Å². The fraction of sp³-hybridized carbons (Fsp3) is 0.386. The molecule has 0 aliphatic carbocycles. The van der Waals surface area contributed by atoms with Gasteiger partial charge in [-0.05, 0) is 71.6 Å². The second-order valence-electron chi connectivity index (χ2n) is 26.9. The Morgan fingerprint density at radius 2 is 1.51 bits per heavy atom. The Kier molecular flexibility index (Phi) is 21.9. The number of rotatable bonds is 12. The molecule has 110 heavy (non-hydrogen) atoms. The number of aliphatic hydroxyl groups is 2. The predicted octanol–water partition coefficient (Wildman–Crippen LogP) is 3.96. The third kappa shape index (κ3) is 15.5. The number of methoxy groups -OCH3 is 1. The number of nitrogens with two attached hydrogens (primary N) is 1. The van der Waals surface area contributed by atoms with E-state index in [-0.39, 0.29) is 111 Å². The van der Waals surface area contributed by atoms with Gasteiger partial charge in [0.25, 0.3) is 23.6 Å². The molecule has 11 atom stereocenters. The SMILES string of the molecule is CO/C(C)=C1/NC(=O)[C@H]([C@@H](C)O)NC(=O)c2csc(n2)-c2cc(O)c(-c3nc(C(=O)NC(CN4CCN(c5ccccn5)CC4)C(N)=O)cs3)nc2-c2csc(n2)[C@@H]2COC(=O)c3c4c5c(cccc5n3O)COC(=O)[C@@H](O[C@H]3C[C@](C)(O)[C@H](N(C)C)[C@H](C)O3)[C@@H](OC4)[C@H](NC(=O)c3csc1n3)c1nc(cs1)C(=O)N2. The number of hydrogen-bond acceptors (Lipinski definition) is 33. The Morgan fingerprint density at radius 3 is 2.23 bits per heavy atom. The Labute approximate surface area is 645 Å². The molecule has 9 aromatic rings. The molecule has 2 fully saturated rings. The molecule has 35 nitrogen and oxygen atoms in total. The smallest absolute Gasteiger partial charge is 0.358 e. The normalized spacial score (nSPS) is 24.0. The molecule has 0 spiro atoms. The average Bonchev–Trinajstić information content (AvgIpc) is 1.59. The van der Waals surface area contributed by atoms with Gasteiger partial charge >= 0.3 is 11.9 Å². The van der Waals surface area contributed by atoms with E-state index in [1.807, 2.05) is 23.1 Å². The number of aliphatic hydroxyl groups excluding tert-OH is 1. The van der Waals surface area contributed by atoms with Gasteiger partial charge in [-0.2, -0.15) is 4.73 Å². The van der Waals surface area contributed by atoms with Crippen molar-refractivity contribution in [2.75, 3.05) is 65.4 Å². The first kappa shape index (κ1) is 76.4. The van der Waals surface area contributed by atoms with Crippen LogP contribution in [0.25, 0.3) is 49.3 Å². The molecule has 13 heterocycles. The number of likely N-dealkylation sites (N-methyl/N-ethyl adjacent to an activating group) is 1. The summed E-state index contributed by atoms with van der Waals surface area (Å²) in [5.41, 5.74) is 3.11. The number of aromatic hydroxyl groups is 1. The molecule has 0 radical (unpaired) electrons. The van der Waals surface area contributed by atoms with Crippen molar-refractivity contribution in [3.05, 3.63) is 136 Å². The molecule has 576 valence electrons. The molecule has 12 bridgehead atoms. The summed E-state index contributed by atoms with van der Waals surface area (Å²) >= 11 is 4.53. The molecule has 1 unspecified atom stereocenters. The van der Waals surface area contributed by atoms with E-state index < -0.39 is 145 Å². The maximum Gasteiger partial charge on any atom is 0.358 e. The highest BCUT2D eigenvalue weighted by molar-refractivity contribution is 7.14. The Bertz CT molecular complexity index is 5100. The fourth-order valence-electron chi connectivity index (χ4n) is 13.9. The highest BCUT2D eigenvalue weighted by Crippen LogP contribution is 2.43. The van der Waals surface area contributed by atoms with Gasteiger partial charge in [0.05, 0.1) is 43.1 Å². The second-order valence-corrected chi connectivity index (χ2v) is 31.3. The Morgan fingerprint density at radius 1 is 0.818 bits per heavy atom. The number of cyclic esters (lactones) is 2. The van der Waals surface area contributed by atoms with Crippen LogP contribution in [0.3, 0.4) is 0 Å². The third-order valence-corrected chi connectivity index (χ3v) is 23.7. The molecular formula is C70H73N17O18S5. The van der Waals surface area contributed by atoms with Crippen LogP contribution in [0.5, 0.6) is 5.75 Å². The van der Waals surface area contributed by atoms with Crippen LogP contribution < -0.4 is 37.2 Å². The van der Waals surface area contributed by atoms with Crippen LogP contribution in [0.4, 0.5) is 5.82 Å². The summed E-state index contributed by atoms with van der Waals surface area (Å²) in [6, 6.07) is 5.15. The number of benzene rings is 1. The first-order chi connectivity index (χ1) is 52.7. The summed E-state index contributed by atoms with van der Waals surface area (Å²) in [5.74, 6) is -7.13. The van der Waals surface area contributed by atoms with Crippen LogP contribution in [-0.4, -0.2) is 232 Å². The van der Waals surface area contributed by atoms with Gasteiger partial charge in [-0.3, -0.25) is 33.7 Å². The highest BCUT2D eigenvalue weighted by Gasteiger charge is 2.50. The van der Waals surface area contributed by atoms with E-state index in [1.165, 1.54) is 60.0 Å². The number of primary amides is 1. The maximum absolute atomic E-state index is 15.3. The number of hydrogen-bond donors (Lipinski definition) is 10. The Balaban J connectivity index is 0.880. The van der Waals surface area contributed by atoms with E-state index in [1.54, 1.807) is 51.2 Å². The van der Waals surface area contributed by atoms with Crippen molar-refractivity contribution >= 4 is 126 Å². The van der Waals surface area contributed by atoms with E-state index in [0.29, 0.717) is 36.5 Å². The van der Waals surface area contributed by atoms with E-state index in [2.05, 4.69) is 51.4 Å². The molecule has 5 aliphatic rings. The number of esters is 2. The van der Waals surface area contributed by atoms with Gasteiger partial charge in [-0.25, -0.2) is 44.5 Å². The van der Waals surface area contributed by atoms with Crippen LogP contribution in [-0.2, 0) is 56.0 Å². The molecule has 14 rings (SSSR count). The Hall–Kier alpha value is -10.4. The van der Waals surface area contributed by atoms with Gasteiger partial charge in [0.15, 0.2) is 18.1 Å². The van der Waals surface area contributed by atoms with Crippen molar-refractivity contribution in [3.8, 4) is 38.4 Å². The third-order valence-electron chi connectivity index (χ3n) is 19.2. The largest absolute Gasteiger partial charge is 0.506 e. The predicted molar refractivity (Wildman–Crippen MR) is 398 cm³/mol. The summed E-state index contributed by atoms with van der Waals surface area (Å²) < 4.78 is 38.4. The molecular weight excluding hydrogens is 1530 g/mol. The number of anilines is 1. The van der Waals surface area contributed by atoms with Crippen molar-refractivity contribution in [3.63, 3.8) is 0 Å². The maximum atomic E-state index is 15.3. The van der Waals surface area contributed by atoms with Gasteiger partial charge < -0.3 is 91.1 Å². The van der Waals surface area contributed by atoms with Crippen molar-refractivity contribution in [2.45, 2.75) is 114 Å². The number of allylic oxidation sites excluding steroid dienone is 1. The molecule has 8 aromatic heterocycles. The van der Waals surface area contributed by atoms with Crippen LogP contribution in [0.2, 0.25) is 0 Å². The zero-order valence-electron chi connectivity index (χ0n) is 59.7. The number of nitrogens with one attached hydrogen (secondary N) is 5. The summed E-state index contributed by atoms with van der Waals surface area (Å²) in [6.07, 6.45) is -5.88. The first-order valence-electron chi connectivity index (χ1n) is 34.4. The van der Waals surface area contributed by atoms with E-state index >= 15 is 19.2 Å². The van der Waals surface area contributed by atoms with E-state index in [9.17, 15) is 39.7 Å². The lowest BCUT2D eigenvalue weighted by Gasteiger charge is -2.48. The quantitative estimate of drug-likeness (QED) is 0.0470. The summed E-state index contributed by atoms with van der Waals surface area (Å²) in [7, 11) is 4.85. The molecule has 0 saturated carbocycles. The van der Waals surface area contributed by atoms with Gasteiger partial charge in [0.2, 0.25) is 11.8 Å². The number of piperazine rings is 1. The lowest BCUT2D eigenvalue weighted by Crippen LogP contribution is -2.62. The summed E-state index contributed by atoms with van der Waals surface area (Å²) in [6.45, 7) is 6.63. The number of carbonyl (C=O) groups excluding carboxylic acids is 8. The van der Waals surface area contributed by atoms with Crippen molar-refractivity contribution in [1.82, 2.24) is 76.0 Å². The second kappa shape index (κ2) is 31.5. The fourth-order valence-corrected chi connectivity index (χ4v) is 18.0. The highest BCUT2D eigenvalue weighted by atomic mass is 32.1. The number of pyridine rings is 2. The number of thiazole rings is 5.